The minimum absolute atomic E-state index is 0.00358. The lowest BCUT2D eigenvalue weighted by molar-refractivity contribution is -0.686. The van der Waals surface area contributed by atoms with Crippen LogP contribution in [0.4, 0.5) is 0 Å². The number of nitrogens with zero attached hydrogens (tertiary/aromatic N) is 1. The zero-order valence-corrected chi connectivity index (χ0v) is 26.6. The number of carbonyl (C=O) groups excluding carboxylic acids is 1. The third kappa shape index (κ3) is 3.94. The standard InChI is InChI=1S/C37H56NO2/c1-25(2)26-14-17-34(5)20-21-36(7)27(32(26)34)12-13-29-35(6)18-16-30(33(3,4)28(35)15-19-37(29,36)8)40-31(39)24-38-22-10-9-11-23-38/h9-11,22-23,26-30,32H,1,12-21,24H2,2-8H3/q+1/t26-,27+,28-,29?,30-,32+,34+,35-,36+,37+/m0/s1. The molecule has 1 unspecified atom stereocenters. The van der Waals surface area contributed by atoms with E-state index < -0.39 is 0 Å². The second-order valence-electron chi connectivity index (χ2n) is 16.7. The number of carbonyl (C=O) groups is 1. The molecule has 0 amide bonds. The van der Waals surface area contributed by atoms with Gasteiger partial charge >= 0.3 is 5.97 Å². The largest absolute Gasteiger partial charge is 0.457 e. The summed E-state index contributed by atoms with van der Waals surface area (Å²) in [7, 11) is 0. The van der Waals surface area contributed by atoms with Crippen LogP contribution < -0.4 is 4.57 Å². The molecule has 6 rings (SSSR count). The number of fused-ring (bicyclic) bond motifs is 7. The zero-order valence-electron chi connectivity index (χ0n) is 26.6. The molecule has 3 nitrogen and oxygen atoms in total. The molecule has 0 N–H and O–H groups in total. The van der Waals surface area contributed by atoms with Gasteiger partial charge in [-0.3, -0.25) is 0 Å². The topological polar surface area (TPSA) is 30.2 Å². The second kappa shape index (κ2) is 9.43. The molecular formula is C37H56NO2+. The van der Waals surface area contributed by atoms with E-state index in [9.17, 15) is 4.79 Å². The minimum Gasteiger partial charge on any atom is -0.457 e. The van der Waals surface area contributed by atoms with E-state index >= 15 is 0 Å². The summed E-state index contributed by atoms with van der Waals surface area (Å²) in [5.74, 6) is 3.63. The van der Waals surface area contributed by atoms with Crippen molar-refractivity contribution in [2.24, 2.45) is 56.7 Å². The Bertz CT molecular complexity index is 1160. The number of hydrogen-bond donors (Lipinski definition) is 0. The second-order valence-corrected chi connectivity index (χ2v) is 16.7. The Morgan fingerprint density at radius 3 is 2.25 bits per heavy atom. The smallest absolute Gasteiger partial charge is 0.372 e. The number of aromatic nitrogens is 1. The zero-order chi connectivity index (χ0) is 28.7. The summed E-state index contributed by atoms with van der Waals surface area (Å²) < 4.78 is 8.22. The molecule has 1 aromatic rings. The third-order valence-corrected chi connectivity index (χ3v) is 14.8. The maximum Gasteiger partial charge on any atom is 0.372 e. The fourth-order valence-corrected chi connectivity index (χ4v) is 12.6. The number of rotatable bonds is 4. The lowest BCUT2D eigenvalue weighted by Gasteiger charge is -2.73. The highest BCUT2D eigenvalue weighted by atomic mass is 16.5. The average Bonchev–Trinajstić information content (AvgIpc) is 3.25. The minimum atomic E-state index is -0.0968. The van der Waals surface area contributed by atoms with Crippen LogP contribution in [-0.4, -0.2) is 12.1 Å². The van der Waals surface area contributed by atoms with Crippen LogP contribution in [0.3, 0.4) is 0 Å². The van der Waals surface area contributed by atoms with Gasteiger partial charge in [0.05, 0.1) is 0 Å². The number of allylic oxidation sites excluding steroid dienone is 1. The highest BCUT2D eigenvalue weighted by Gasteiger charge is 2.70. The Morgan fingerprint density at radius 2 is 1.55 bits per heavy atom. The molecule has 0 saturated heterocycles. The summed E-state index contributed by atoms with van der Waals surface area (Å²) in [4.78, 5) is 13.0. The van der Waals surface area contributed by atoms with Gasteiger partial charge in [0.2, 0.25) is 6.54 Å². The molecule has 220 valence electrons. The maximum absolute atomic E-state index is 13.0. The lowest BCUT2D eigenvalue weighted by atomic mass is 9.32. The first-order valence-electron chi connectivity index (χ1n) is 16.6. The van der Waals surface area contributed by atoms with Gasteiger partial charge in [0.25, 0.3) is 0 Å². The van der Waals surface area contributed by atoms with Crippen molar-refractivity contribution in [3.05, 3.63) is 42.7 Å². The number of ether oxygens (including phenoxy) is 1. The molecule has 0 bridgehead atoms. The van der Waals surface area contributed by atoms with Crippen LogP contribution in [0.1, 0.15) is 113 Å². The van der Waals surface area contributed by atoms with Crippen LogP contribution in [0.2, 0.25) is 0 Å². The molecule has 1 heterocycles. The molecular weight excluding hydrogens is 490 g/mol. The Hall–Kier alpha value is -1.64. The first-order valence-corrected chi connectivity index (χ1v) is 16.6. The molecule has 40 heavy (non-hydrogen) atoms. The monoisotopic (exact) mass is 546 g/mol. The first kappa shape index (κ1) is 28.5. The molecule has 0 spiro atoms. The molecule has 10 atom stereocenters. The van der Waals surface area contributed by atoms with Crippen molar-refractivity contribution in [2.45, 2.75) is 125 Å². The molecule has 3 heteroatoms. The van der Waals surface area contributed by atoms with Gasteiger partial charge in [-0.1, -0.05) is 59.8 Å². The Kier molecular flexibility index (Phi) is 6.72. The van der Waals surface area contributed by atoms with Crippen molar-refractivity contribution in [3.63, 3.8) is 0 Å². The van der Waals surface area contributed by atoms with E-state index in [0.29, 0.717) is 34.1 Å². The van der Waals surface area contributed by atoms with E-state index in [2.05, 4.69) is 55.0 Å². The molecule has 1 aromatic heterocycles. The van der Waals surface area contributed by atoms with Gasteiger partial charge in [0.1, 0.15) is 6.10 Å². The Labute approximate surface area is 244 Å². The first-order chi connectivity index (χ1) is 18.8. The highest BCUT2D eigenvalue weighted by Crippen LogP contribution is 2.77. The van der Waals surface area contributed by atoms with Gasteiger partial charge in [-0.05, 0) is 122 Å². The van der Waals surface area contributed by atoms with E-state index in [1.165, 1.54) is 63.4 Å². The molecule has 5 aliphatic carbocycles. The van der Waals surface area contributed by atoms with Crippen LogP contribution in [0, 0.1) is 56.7 Å². The molecule has 0 aliphatic heterocycles. The molecule has 0 radical (unpaired) electrons. The van der Waals surface area contributed by atoms with Crippen molar-refractivity contribution in [2.75, 3.05) is 0 Å². The molecule has 5 fully saturated rings. The van der Waals surface area contributed by atoms with Crippen molar-refractivity contribution in [1.82, 2.24) is 0 Å². The van der Waals surface area contributed by atoms with Crippen molar-refractivity contribution in [3.8, 4) is 0 Å². The number of pyridine rings is 1. The van der Waals surface area contributed by atoms with Gasteiger partial charge in [0.15, 0.2) is 12.4 Å². The van der Waals surface area contributed by atoms with Crippen LogP contribution in [0.25, 0.3) is 0 Å². The van der Waals surface area contributed by atoms with E-state index in [1.54, 1.807) is 0 Å². The highest BCUT2D eigenvalue weighted by molar-refractivity contribution is 5.68. The quantitative estimate of drug-likeness (QED) is 0.215. The maximum atomic E-state index is 13.0. The van der Waals surface area contributed by atoms with E-state index in [-0.39, 0.29) is 17.5 Å². The van der Waals surface area contributed by atoms with Crippen LogP contribution in [0.15, 0.2) is 42.7 Å². The van der Waals surface area contributed by atoms with Crippen molar-refractivity contribution >= 4 is 5.97 Å². The van der Waals surface area contributed by atoms with Crippen LogP contribution >= 0.6 is 0 Å². The lowest BCUT2D eigenvalue weighted by Crippen LogP contribution is -2.66. The summed E-state index contributed by atoms with van der Waals surface area (Å²) in [6.07, 6.45) is 17.0. The van der Waals surface area contributed by atoms with Gasteiger partial charge < -0.3 is 4.74 Å². The fourth-order valence-electron chi connectivity index (χ4n) is 12.6. The van der Waals surface area contributed by atoms with Crippen molar-refractivity contribution < 1.29 is 14.1 Å². The Balaban J connectivity index is 1.25. The summed E-state index contributed by atoms with van der Waals surface area (Å²) in [5, 5.41) is 0. The summed E-state index contributed by atoms with van der Waals surface area (Å²) in [6, 6.07) is 5.92. The van der Waals surface area contributed by atoms with E-state index in [1.807, 2.05) is 35.2 Å². The summed E-state index contributed by atoms with van der Waals surface area (Å²) >= 11 is 0. The SMILES string of the molecule is C=C(C)[C@@H]1CC[C@]2(C)CC[C@]3(C)[C@H](CCC4[C@@]5(C)CC[C@H](OC(=O)C[n+]6ccccc6)C(C)(C)[C@@H]5CC[C@]43C)[C@@H]12. The summed E-state index contributed by atoms with van der Waals surface area (Å²) in [5.41, 5.74) is 3.05. The average molecular weight is 547 g/mol. The number of esters is 1. The fraction of sp³-hybridized carbons (Fsp3) is 0.784. The van der Waals surface area contributed by atoms with Crippen LogP contribution in [-0.2, 0) is 16.1 Å². The predicted molar refractivity (Wildman–Crippen MR) is 161 cm³/mol. The van der Waals surface area contributed by atoms with E-state index in [0.717, 1.165) is 30.1 Å². The molecule has 5 saturated carbocycles. The van der Waals surface area contributed by atoms with Gasteiger partial charge in [0, 0.05) is 17.5 Å². The van der Waals surface area contributed by atoms with Gasteiger partial charge in [-0.15, -0.1) is 0 Å². The predicted octanol–water partition coefficient (Wildman–Crippen LogP) is 8.56. The normalized spacial score (nSPS) is 47.3. The van der Waals surface area contributed by atoms with Gasteiger partial charge in [-0.2, -0.15) is 4.57 Å². The van der Waals surface area contributed by atoms with Crippen molar-refractivity contribution in [1.29, 1.82) is 0 Å². The van der Waals surface area contributed by atoms with Gasteiger partial charge in [-0.25, -0.2) is 4.79 Å². The van der Waals surface area contributed by atoms with Crippen LogP contribution in [0.5, 0.6) is 0 Å². The third-order valence-electron chi connectivity index (χ3n) is 14.8. The molecule has 0 aromatic carbocycles. The Morgan fingerprint density at radius 1 is 0.825 bits per heavy atom. The summed E-state index contributed by atoms with van der Waals surface area (Å²) in [6.45, 7) is 22.7. The van der Waals surface area contributed by atoms with E-state index in [4.69, 9.17) is 4.74 Å². The number of hydrogen-bond acceptors (Lipinski definition) is 2. The molecule has 5 aliphatic rings.